The van der Waals surface area contributed by atoms with Crippen LogP contribution >= 0.6 is 0 Å². The van der Waals surface area contributed by atoms with E-state index in [0.29, 0.717) is 23.0 Å². The van der Waals surface area contributed by atoms with Crippen LogP contribution in [0.5, 0.6) is 0 Å². The second kappa shape index (κ2) is 8.70. The van der Waals surface area contributed by atoms with Gasteiger partial charge in [0, 0.05) is 50.5 Å². The van der Waals surface area contributed by atoms with Gasteiger partial charge in [-0.1, -0.05) is 0 Å². The summed E-state index contributed by atoms with van der Waals surface area (Å²) >= 11 is 0. The molecule has 2 aliphatic rings. The number of likely N-dealkylation sites (tertiary alicyclic amines) is 1. The van der Waals surface area contributed by atoms with Gasteiger partial charge >= 0.3 is 0 Å². The van der Waals surface area contributed by atoms with E-state index < -0.39 is 0 Å². The number of piperidine rings is 1. The standard InChI is InChI=1S/C24H28N6O2/c1-25-24(32)20-5-4-18(14-27-20)29-11-7-17(8-12-29)30-10-6-16(15-30)21-13-22-19(23(31)28-21)3-2-9-26-22/h2-5,9,13-14,16-17H,6-8,10-12,15H2,1H3,(H,25,32)(H,28,31). The molecule has 1 amide bonds. The van der Waals surface area contributed by atoms with E-state index in [-0.39, 0.29) is 11.5 Å². The molecule has 2 saturated heterocycles. The third-order valence-electron chi connectivity index (χ3n) is 6.85. The Kier molecular flexibility index (Phi) is 5.61. The first-order chi connectivity index (χ1) is 15.6. The Morgan fingerprint density at radius 2 is 1.97 bits per heavy atom. The molecule has 32 heavy (non-hydrogen) atoms. The molecule has 2 N–H and O–H groups in total. The summed E-state index contributed by atoms with van der Waals surface area (Å²) < 4.78 is 0. The van der Waals surface area contributed by atoms with Crippen LogP contribution in [0.15, 0.2) is 47.5 Å². The van der Waals surface area contributed by atoms with Gasteiger partial charge in [-0.25, -0.2) is 4.98 Å². The van der Waals surface area contributed by atoms with Gasteiger partial charge in [-0.2, -0.15) is 0 Å². The van der Waals surface area contributed by atoms with E-state index in [1.807, 2.05) is 18.2 Å². The minimum Gasteiger partial charge on any atom is -0.370 e. The molecule has 0 saturated carbocycles. The highest BCUT2D eigenvalue weighted by molar-refractivity contribution is 5.92. The number of nitrogens with zero attached hydrogens (tertiary/aromatic N) is 4. The number of amides is 1. The zero-order valence-corrected chi connectivity index (χ0v) is 18.3. The molecule has 8 nitrogen and oxygen atoms in total. The molecule has 2 aliphatic heterocycles. The van der Waals surface area contributed by atoms with Crippen molar-refractivity contribution in [1.82, 2.24) is 25.2 Å². The van der Waals surface area contributed by atoms with Crippen LogP contribution in [0.3, 0.4) is 0 Å². The van der Waals surface area contributed by atoms with Crippen molar-refractivity contribution < 1.29 is 4.79 Å². The lowest BCUT2D eigenvalue weighted by Gasteiger charge is -2.37. The summed E-state index contributed by atoms with van der Waals surface area (Å²) in [6.45, 7) is 3.98. The summed E-state index contributed by atoms with van der Waals surface area (Å²) in [7, 11) is 1.61. The molecular weight excluding hydrogens is 404 g/mol. The van der Waals surface area contributed by atoms with Crippen LogP contribution in [-0.4, -0.2) is 65.0 Å². The van der Waals surface area contributed by atoms with Gasteiger partial charge in [-0.3, -0.25) is 19.5 Å². The zero-order chi connectivity index (χ0) is 22.1. The van der Waals surface area contributed by atoms with Gasteiger partial charge in [0.25, 0.3) is 11.5 Å². The van der Waals surface area contributed by atoms with Gasteiger partial charge in [0.1, 0.15) is 5.69 Å². The molecule has 0 spiro atoms. The molecule has 5 rings (SSSR count). The Balaban J connectivity index is 1.20. The topological polar surface area (TPSA) is 94.2 Å². The minimum absolute atomic E-state index is 0.0478. The Morgan fingerprint density at radius 1 is 1.12 bits per heavy atom. The average molecular weight is 433 g/mol. The van der Waals surface area contributed by atoms with Gasteiger partial charge in [0.05, 0.1) is 22.8 Å². The van der Waals surface area contributed by atoms with Crippen LogP contribution in [0.4, 0.5) is 5.69 Å². The van der Waals surface area contributed by atoms with E-state index in [9.17, 15) is 9.59 Å². The largest absolute Gasteiger partial charge is 0.370 e. The number of aromatic amines is 1. The van der Waals surface area contributed by atoms with Crippen molar-refractivity contribution >= 4 is 22.5 Å². The number of hydrogen-bond donors (Lipinski definition) is 2. The minimum atomic E-state index is -0.164. The van der Waals surface area contributed by atoms with Crippen molar-refractivity contribution in [1.29, 1.82) is 0 Å². The fourth-order valence-electron chi connectivity index (χ4n) is 5.02. The summed E-state index contributed by atoms with van der Waals surface area (Å²) in [4.78, 5) is 40.8. The predicted molar refractivity (Wildman–Crippen MR) is 124 cm³/mol. The highest BCUT2D eigenvalue weighted by Gasteiger charge is 2.32. The second-order valence-electron chi connectivity index (χ2n) is 8.67. The maximum Gasteiger partial charge on any atom is 0.269 e. The fourth-order valence-corrected chi connectivity index (χ4v) is 5.02. The van der Waals surface area contributed by atoms with E-state index in [0.717, 1.165) is 62.3 Å². The van der Waals surface area contributed by atoms with Crippen molar-refractivity contribution in [2.75, 3.05) is 38.1 Å². The lowest BCUT2D eigenvalue weighted by atomic mass is 10.0. The molecule has 166 valence electrons. The van der Waals surface area contributed by atoms with E-state index >= 15 is 0 Å². The van der Waals surface area contributed by atoms with Gasteiger partial charge in [-0.05, 0) is 56.1 Å². The first kappa shape index (κ1) is 20.6. The van der Waals surface area contributed by atoms with Crippen molar-refractivity contribution in [3.8, 4) is 0 Å². The maximum atomic E-state index is 12.4. The number of carbonyl (C=O) groups is 1. The number of pyridine rings is 3. The SMILES string of the molecule is CNC(=O)c1ccc(N2CCC(N3CCC(c4cc5ncccc5c(=O)[nH]4)C3)CC2)cn1. The smallest absolute Gasteiger partial charge is 0.269 e. The monoisotopic (exact) mass is 432 g/mol. The summed E-state index contributed by atoms with van der Waals surface area (Å²) in [5.74, 6) is 0.177. The number of fused-ring (bicyclic) bond motifs is 1. The molecule has 1 atom stereocenters. The van der Waals surface area contributed by atoms with Crippen LogP contribution in [0.2, 0.25) is 0 Å². The Hall–Kier alpha value is -3.26. The van der Waals surface area contributed by atoms with Gasteiger partial charge in [0.15, 0.2) is 0 Å². The molecular formula is C24H28N6O2. The molecule has 1 unspecified atom stereocenters. The molecule has 8 heteroatoms. The van der Waals surface area contributed by atoms with Crippen LogP contribution in [-0.2, 0) is 0 Å². The summed E-state index contributed by atoms with van der Waals surface area (Å²) in [6, 6.07) is 9.98. The van der Waals surface area contributed by atoms with E-state index in [1.165, 1.54) is 0 Å². The van der Waals surface area contributed by atoms with Gasteiger partial charge in [0.2, 0.25) is 0 Å². The zero-order valence-electron chi connectivity index (χ0n) is 18.3. The lowest BCUT2D eigenvalue weighted by molar-refractivity contribution is 0.0958. The number of hydrogen-bond acceptors (Lipinski definition) is 6. The van der Waals surface area contributed by atoms with Crippen molar-refractivity contribution in [3.63, 3.8) is 0 Å². The Morgan fingerprint density at radius 3 is 2.72 bits per heavy atom. The van der Waals surface area contributed by atoms with Crippen molar-refractivity contribution in [2.24, 2.45) is 0 Å². The van der Waals surface area contributed by atoms with Crippen LogP contribution in [0.25, 0.3) is 10.9 Å². The Labute approximate surface area is 186 Å². The second-order valence-corrected chi connectivity index (χ2v) is 8.67. The van der Waals surface area contributed by atoms with Gasteiger partial charge < -0.3 is 15.2 Å². The summed E-state index contributed by atoms with van der Waals surface area (Å²) in [5, 5.41) is 3.25. The molecule has 0 radical (unpaired) electrons. The summed E-state index contributed by atoms with van der Waals surface area (Å²) in [5.41, 5.74) is 3.23. The predicted octanol–water partition coefficient (Wildman–Crippen LogP) is 2.14. The molecule has 5 heterocycles. The first-order valence-corrected chi connectivity index (χ1v) is 11.3. The van der Waals surface area contributed by atoms with E-state index in [4.69, 9.17) is 0 Å². The number of H-pyrrole nitrogens is 1. The summed E-state index contributed by atoms with van der Waals surface area (Å²) in [6.07, 6.45) is 6.78. The molecule has 0 aliphatic carbocycles. The molecule has 0 bridgehead atoms. The highest BCUT2D eigenvalue weighted by atomic mass is 16.1. The van der Waals surface area contributed by atoms with E-state index in [1.54, 1.807) is 31.6 Å². The fraction of sp³-hybridized carbons (Fsp3) is 0.417. The average Bonchev–Trinajstić information content (AvgIpc) is 3.34. The molecule has 3 aromatic heterocycles. The molecule has 3 aromatic rings. The number of nitrogens with one attached hydrogen (secondary N) is 2. The maximum absolute atomic E-state index is 12.4. The van der Waals surface area contributed by atoms with Crippen molar-refractivity contribution in [2.45, 2.75) is 31.2 Å². The third kappa shape index (κ3) is 3.98. The lowest BCUT2D eigenvalue weighted by Crippen LogP contribution is -2.44. The number of carbonyl (C=O) groups excluding carboxylic acids is 1. The normalized spacial score (nSPS) is 20.0. The van der Waals surface area contributed by atoms with Crippen LogP contribution in [0, 0.1) is 0 Å². The third-order valence-corrected chi connectivity index (χ3v) is 6.85. The van der Waals surface area contributed by atoms with E-state index in [2.05, 4.69) is 30.1 Å². The van der Waals surface area contributed by atoms with Crippen LogP contribution < -0.4 is 15.8 Å². The number of aromatic nitrogens is 3. The Bertz CT molecular complexity index is 1170. The highest BCUT2D eigenvalue weighted by Crippen LogP contribution is 2.31. The number of rotatable bonds is 4. The quantitative estimate of drug-likeness (QED) is 0.656. The van der Waals surface area contributed by atoms with Gasteiger partial charge in [-0.15, -0.1) is 0 Å². The number of anilines is 1. The first-order valence-electron chi connectivity index (χ1n) is 11.3. The van der Waals surface area contributed by atoms with Crippen molar-refractivity contribution in [3.05, 3.63) is 64.5 Å². The molecule has 0 aromatic carbocycles. The molecule has 2 fully saturated rings. The van der Waals surface area contributed by atoms with Crippen LogP contribution in [0.1, 0.15) is 41.4 Å².